The van der Waals surface area contributed by atoms with Crippen molar-refractivity contribution >= 4 is 22.2 Å². The minimum atomic E-state index is 0.0291. The number of hydrogen-bond acceptors (Lipinski definition) is 3. The van der Waals surface area contributed by atoms with Crippen LogP contribution in [0.3, 0.4) is 0 Å². The van der Waals surface area contributed by atoms with Gasteiger partial charge in [0.05, 0.1) is 5.56 Å². The van der Waals surface area contributed by atoms with Gasteiger partial charge in [-0.15, -0.1) is 11.3 Å². The van der Waals surface area contributed by atoms with E-state index in [1.54, 1.807) is 0 Å². The Morgan fingerprint density at radius 2 is 2.14 bits per heavy atom. The van der Waals surface area contributed by atoms with Crippen molar-refractivity contribution in [2.24, 2.45) is 5.92 Å². The fourth-order valence-corrected chi connectivity index (χ4v) is 4.07. The van der Waals surface area contributed by atoms with Crippen LogP contribution in [-0.2, 0) is 11.2 Å². The molecule has 2 aromatic rings. The van der Waals surface area contributed by atoms with E-state index in [1.807, 2.05) is 32.0 Å². The van der Waals surface area contributed by atoms with Gasteiger partial charge in [0, 0.05) is 10.8 Å². The Morgan fingerprint density at radius 1 is 1.41 bits per heavy atom. The summed E-state index contributed by atoms with van der Waals surface area (Å²) in [4.78, 5) is 13.5. The smallest absolute Gasteiger partial charge is 0.228 e. The number of nitriles is 1. The first-order chi connectivity index (χ1) is 10.7. The molecule has 1 heterocycles. The van der Waals surface area contributed by atoms with Crippen molar-refractivity contribution in [1.29, 1.82) is 5.26 Å². The van der Waals surface area contributed by atoms with E-state index in [1.165, 1.54) is 16.9 Å². The molecular weight excluding hydrogens is 292 g/mol. The maximum Gasteiger partial charge on any atom is 0.228 e. The molecule has 1 aromatic carbocycles. The summed E-state index contributed by atoms with van der Waals surface area (Å²) in [6.45, 7) is 4.04. The molecule has 112 valence electrons. The quantitative estimate of drug-likeness (QED) is 0.918. The van der Waals surface area contributed by atoms with Crippen molar-refractivity contribution < 1.29 is 4.79 Å². The van der Waals surface area contributed by atoms with Crippen LogP contribution in [0.5, 0.6) is 0 Å². The number of thiophene rings is 1. The lowest BCUT2D eigenvalue weighted by molar-refractivity contribution is -0.117. The van der Waals surface area contributed by atoms with Gasteiger partial charge in [0.25, 0.3) is 0 Å². The summed E-state index contributed by atoms with van der Waals surface area (Å²) >= 11 is 1.51. The SMILES string of the molecule is CCc1c(C)sc(NC(=O)[C@H]2C[C@H]2c2ccccc2)c1C#N. The van der Waals surface area contributed by atoms with E-state index in [4.69, 9.17) is 0 Å². The van der Waals surface area contributed by atoms with Gasteiger partial charge in [0.1, 0.15) is 11.1 Å². The number of benzene rings is 1. The average Bonchev–Trinajstić information content (AvgIpc) is 3.27. The van der Waals surface area contributed by atoms with Gasteiger partial charge in [-0.25, -0.2) is 0 Å². The van der Waals surface area contributed by atoms with Gasteiger partial charge in [-0.2, -0.15) is 5.26 Å². The Morgan fingerprint density at radius 3 is 2.77 bits per heavy atom. The monoisotopic (exact) mass is 310 g/mol. The molecule has 3 rings (SSSR count). The Balaban J connectivity index is 1.73. The third kappa shape index (κ3) is 2.65. The molecule has 0 unspecified atom stereocenters. The van der Waals surface area contributed by atoms with Gasteiger partial charge in [0.2, 0.25) is 5.91 Å². The second-order valence-corrected chi connectivity index (χ2v) is 6.88. The highest BCUT2D eigenvalue weighted by atomic mass is 32.1. The number of carbonyl (C=O) groups excluding carboxylic acids is 1. The number of nitrogens with one attached hydrogen (secondary N) is 1. The highest BCUT2D eigenvalue weighted by Gasteiger charge is 2.44. The third-order valence-electron chi connectivity index (χ3n) is 4.27. The van der Waals surface area contributed by atoms with E-state index >= 15 is 0 Å². The summed E-state index contributed by atoms with van der Waals surface area (Å²) in [5.74, 6) is 0.383. The number of carbonyl (C=O) groups is 1. The molecule has 0 aliphatic heterocycles. The number of amides is 1. The number of anilines is 1. The fraction of sp³-hybridized carbons (Fsp3) is 0.333. The Hall–Kier alpha value is -2.12. The van der Waals surface area contributed by atoms with Crippen LogP contribution in [0.4, 0.5) is 5.00 Å². The maximum atomic E-state index is 12.4. The zero-order valence-corrected chi connectivity index (χ0v) is 13.5. The normalized spacial score (nSPS) is 19.5. The highest BCUT2D eigenvalue weighted by Crippen LogP contribution is 2.48. The average molecular weight is 310 g/mol. The Labute approximate surface area is 134 Å². The van der Waals surface area contributed by atoms with E-state index in [0.29, 0.717) is 16.5 Å². The van der Waals surface area contributed by atoms with Crippen molar-refractivity contribution in [2.45, 2.75) is 32.6 Å². The van der Waals surface area contributed by atoms with Gasteiger partial charge < -0.3 is 5.32 Å². The molecule has 1 fully saturated rings. The summed E-state index contributed by atoms with van der Waals surface area (Å²) in [6.07, 6.45) is 1.71. The third-order valence-corrected chi connectivity index (χ3v) is 5.33. The van der Waals surface area contributed by atoms with Gasteiger partial charge in [-0.05, 0) is 36.8 Å². The molecule has 0 radical (unpaired) electrons. The van der Waals surface area contributed by atoms with Crippen LogP contribution >= 0.6 is 11.3 Å². The van der Waals surface area contributed by atoms with Crippen LogP contribution in [0.15, 0.2) is 30.3 Å². The predicted octanol–water partition coefficient (Wildman–Crippen LogP) is 4.23. The fourth-order valence-electron chi connectivity index (χ4n) is 2.97. The summed E-state index contributed by atoms with van der Waals surface area (Å²) in [5, 5.41) is 13.0. The molecule has 0 spiro atoms. The molecule has 1 N–H and O–H groups in total. The topological polar surface area (TPSA) is 52.9 Å². The summed E-state index contributed by atoms with van der Waals surface area (Å²) in [5.41, 5.74) is 2.91. The van der Waals surface area contributed by atoms with E-state index in [0.717, 1.165) is 23.3 Å². The molecule has 1 amide bonds. The lowest BCUT2D eigenvalue weighted by Gasteiger charge is -2.03. The molecule has 22 heavy (non-hydrogen) atoms. The minimum Gasteiger partial charge on any atom is -0.316 e. The van der Waals surface area contributed by atoms with Gasteiger partial charge >= 0.3 is 0 Å². The lowest BCUT2D eigenvalue weighted by Crippen LogP contribution is -2.14. The Kier molecular flexibility index (Phi) is 4.00. The second-order valence-electron chi connectivity index (χ2n) is 5.65. The molecule has 0 bridgehead atoms. The zero-order valence-electron chi connectivity index (χ0n) is 12.7. The molecule has 1 saturated carbocycles. The number of rotatable bonds is 4. The van der Waals surface area contributed by atoms with Crippen molar-refractivity contribution in [3.05, 3.63) is 51.9 Å². The van der Waals surface area contributed by atoms with Crippen molar-refractivity contribution in [3.63, 3.8) is 0 Å². The largest absolute Gasteiger partial charge is 0.316 e. The van der Waals surface area contributed by atoms with Crippen LogP contribution in [0, 0.1) is 24.2 Å². The number of aryl methyl sites for hydroxylation is 1. The molecule has 0 saturated heterocycles. The maximum absolute atomic E-state index is 12.4. The summed E-state index contributed by atoms with van der Waals surface area (Å²) in [7, 11) is 0. The summed E-state index contributed by atoms with van der Waals surface area (Å²) in [6, 6.07) is 12.4. The summed E-state index contributed by atoms with van der Waals surface area (Å²) < 4.78 is 0. The predicted molar refractivity (Wildman–Crippen MR) is 89.1 cm³/mol. The Bertz CT molecular complexity index is 742. The molecule has 3 nitrogen and oxygen atoms in total. The van der Waals surface area contributed by atoms with Crippen molar-refractivity contribution in [2.75, 3.05) is 5.32 Å². The van der Waals surface area contributed by atoms with Crippen LogP contribution in [0.2, 0.25) is 0 Å². The second kappa shape index (κ2) is 5.94. The van der Waals surface area contributed by atoms with E-state index < -0.39 is 0 Å². The van der Waals surface area contributed by atoms with Crippen LogP contribution < -0.4 is 5.32 Å². The molecule has 4 heteroatoms. The van der Waals surface area contributed by atoms with E-state index in [-0.39, 0.29) is 11.8 Å². The first-order valence-corrected chi connectivity index (χ1v) is 8.35. The van der Waals surface area contributed by atoms with Crippen molar-refractivity contribution in [1.82, 2.24) is 0 Å². The number of hydrogen-bond donors (Lipinski definition) is 1. The van der Waals surface area contributed by atoms with Crippen LogP contribution in [0.1, 0.15) is 40.8 Å². The van der Waals surface area contributed by atoms with Crippen LogP contribution in [-0.4, -0.2) is 5.91 Å². The lowest BCUT2D eigenvalue weighted by atomic mass is 10.1. The van der Waals surface area contributed by atoms with E-state index in [2.05, 4.69) is 23.5 Å². The zero-order chi connectivity index (χ0) is 15.7. The van der Waals surface area contributed by atoms with Gasteiger partial charge in [-0.1, -0.05) is 37.3 Å². The molecule has 1 aliphatic carbocycles. The molecular formula is C18H18N2OS. The van der Waals surface area contributed by atoms with Gasteiger partial charge in [0.15, 0.2) is 0 Å². The van der Waals surface area contributed by atoms with Crippen molar-refractivity contribution in [3.8, 4) is 6.07 Å². The van der Waals surface area contributed by atoms with E-state index in [9.17, 15) is 10.1 Å². The van der Waals surface area contributed by atoms with Crippen LogP contribution in [0.25, 0.3) is 0 Å². The molecule has 1 aliphatic rings. The number of nitrogens with zero attached hydrogens (tertiary/aromatic N) is 1. The first-order valence-electron chi connectivity index (χ1n) is 7.53. The van der Waals surface area contributed by atoms with Gasteiger partial charge in [-0.3, -0.25) is 4.79 Å². The highest BCUT2D eigenvalue weighted by molar-refractivity contribution is 7.16. The molecule has 2 atom stereocenters. The minimum absolute atomic E-state index is 0.0291. The standard InChI is InChI=1S/C18H18N2OS/c1-3-13-11(2)22-18(16(13)10-19)20-17(21)15-9-14(15)12-7-5-4-6-8-12/h4-8,14-15H,3,9H2,1-2H3,(H,20,21)/t14-,15-/m0/s1. The molecule has 1 aromatic heterocycles. The first kappa shape index (κ1) is 14.8.